The third-order valence-electron chi connectivity index (χ3n) is 3.34. The summed E-state index contributed by atoms with van der Waals surface area (Å²) >= 11 is 0. The molecule has 1 aromatic carbocycles. The van der Waals surface area contributed by atoms with E-state index in [4.69, 9.17) is 5.84 Å². The number of nitrogens with zero attached hydrogens (tertiary/aromatic N) is 2. The van der Waals surface area contributed by atoms with Crippen molar-refractivity contribution in [3.05, 3.63) is 24.3 Å². The first-order valence-electron chi connectivity index (χ1n) is 6.29. The van der Waals surface area contributed by atoms with Gasteiger partial charge >= 0.3 is 0 Å². The van der Waals surface area contributed by atoms with Crippen LogP contribution in [-0.4, -0.2) is 50.8 Å². The van der Waals surface area contributed by atoms with E-state index in [0.29, 0.717) is 23.7 Å². The van der Waals surface area contributed by atoms with Gasteiger partial charge in [0, 0.05) is 25.3 Å². The quantitative estimate of drug-likeness (QED) is 0.616. The van der Waals surface area contributed by atoms with Crippen LogP contribution in [-0.2, 0) is 10.0 Å². The SMILES string of the molecule is CN1CCCN(S(=O)(=O)c2ccc(NN)cc2)CC1. The maximum absolute atomic E-state index is 12.5. The normalized spacial score (nSPS) is 19.1. The molecular weight excluding hydrogens is 264 g/mol. The van der Waals surface area contributed by atoms with Gasteiger partial charge in [-0.3, -0.25) is 5.84 Å². The molecule has 2 rings (SSSR count). The summed E-state index contributed by atoms with van der Waals surface area (Å²) in [4.78, 5) is 2.47. The summed E-state index contributed by atoms with van der Waals surface area (Å²) in [5.74, 6) is 5.27. The van der Waals surface area contributed by atoms with Gasteiger partial charge < -0.3 is 10.3 Å². The highest BCUT2D eigenvalue weighted by atomic mass is 32.2. The first-order chi connectivity index (χ1) is 9.04. The largest absolute Gasteiger partial charge is 0.324 e. The molecule has 0 radical (unpaired) electrons. The Morgan fingerprint density at radius 2 is 1.79 bits per heavy atom. The zero-order valence-electron chi connectivity index (χ0n) is 11.0. The summed E-state index contributed by atoms with van der Waals surface area (Å²) in [6.45, 7) is 2.81. The number of likely N-dealkylation sites (N-methyl/N-ethyl adjacent to an activating group) is 1. The maximum atomic E-state index is 12.5. The lowest BCUT2D eigenvalue weighted by Gasteiger charge is -2.20. The molecule has 0 spiro atoms. The van der Waals surface area contributed by atoms with Gasteiger partial charge in [0.15, 0.2) is 0 Å². The standard InChI is InChI=1S/C12H20N4O2S/c1-15-7-2-8-16(10-9-15)19(17,18)12-5-3-11(14-13)4-6-12/h3-6,14H,2,7-10,13H2,1H3. The molecule has 1 aliphatic heterocycles. The minimum Gasteiger partial charge on any atom is -0.324 e. The minimum atomic E-state index is -3.40. The number of anilines is 1. The molecule has 1 saturated heterocycles. The maximum Gasteiger partial charge on any atom is 0.243 e. The van der Waals surface area contributed by atoms with E-state index in [9.17, 15) is 8.42 Å². The van der Waals surface area contributed by atoms with Crippen LogP contribution in [0.4, 0.5) is 5.69 Å². The number of nitrogen functional groups attached to an aromatic ring is 1. The van der Waals surface area contributed by atoms with Gasteiger partial charge in [-0.2, -0.15) is 4.31 Å². The van der Waals surface area contributed by atoms with Crippen LogP contribution in [0.2, 0.25) is 0 Å². The third kappa shape index (κ3) is 3.24. The van der Waals surface area contributed by atoms with E-state index in [1.54, 1.807) is 28.6 Å². The Morgan fingerprint density at radius 3 is 2.42 bits per heavy atom. The smallest absolute Gasteiger partial charge is 0.243 e. The van der Waals surface area contributed by atoms with Crippen molar-refractivity contribution in [2.24, 2.45) is 5.84 Å². The molecule has 6 nitrogen and oxygen atoms in total. The van der Waals surface area contributed by atoms with Crippen molar-refractivity contribution in [3.63, 3.8) is 0 Å². The summed E-state index contributed by atoms with van der Waals surface area (Å²) in [6, 6.07) is 6.49. The lowest BCUT2D eigenvalue weighted by atomic mass is 10.3. The fraction of sp³-hybridized carbons (Fsp3) is 0.500. The van der Waals surface area contributed by atoms with Gasteiger partial charge in [-0.1, -0.05) is 0 Å². The van der Waals surface area contributed by atoms with Gasteiger partial charge in [0.2, 0.25) is 10.0 Å². The van der Waals surface area contributed by atoms with E-state index in [2.05, 4.69) is 10.3 Å². The van der Waals surface area contributed by atoms with Crippen molar-refractivity contribution in [3.8, 4) is 0 Å². The summed E-state index contributed by atoms with van der Waals surface area (Å²) in [7, 11) is -1.38. The average molecular weight is 284 g/mol. The number of rotatable bonds is 3. The molecule has 106 valence electrons. The van der Waals surface area contributed by atoms with Crippen molar-refractivity contribution in [2.75, 3.05) is 38.7 Å². The Bertz CT molecular complexity index is 515. The molecule has 0 aromatic heterocycles. The second-order valence-corrected chi connectivity index (χ2v) is 6.67. The van der Waals surface area contributed by atoms with Gasteiger partial charge in [0.25, 0.3) is 0 Å². The Balaban J connectivity index is 2.20. The summed E-state index contributed by atoms with van der Waals surface area (Å²) in [5.41, 5.74) is 3.18. The van der Waals surface area contributed by atoms with E-state index in [1.807, 2.05) is 7.05 Å². The molecule has 0 aliphatic carbocycles. The number of hydrazine groups is 1. The van der Waals surface area contributed by atoms with Gasteiger partial charge in [-0.25, -0.2) is 8.42 Å². The second-order valence-electron chi connectivity index (χ2n) is 4.73. The number of benzene rings is 1. The van der Waals surface area contributed by atoms with Crippen molar-refractivity contribution in [1.82, 2.24) is 9.21 Å². The molecule has 1 aliphatic rings. The highest BCUT2D eigenvalue weighted by molar-refractivity contribution is 7.89. The van der Waals surface area contributed by atoms with Crippen LogP contribution in [0.5, 0.6) is 0 Å². The zero-order chi connectivity index (χ0) is 13.9. The first kappa shape index (κ1) is 14.3. The predicted molar refractivity (Wildman–Crippen MR) is 75.1 cm³/mol. The van der Waals surface area contributed by atoms with Crippen molar-refractivity contribution >= 4 is 15.7 Å². The average Bonchev–Trinajstić information content (AvgIpc) is 2.64. The molecule has 1 fully saturated rings. The Hall–Kier alpha value is -1.15. The molecule has 0 atom stereocenters. The van der Waals surface area contributed by atoms with E-state index < -0.39 is 10.0 Å². The lowest BCUT2D eigenvalue weighted by Crippen LogP contribution is -2.34. The molecule has 0 unspecified atom stereocenters. The van der Waals surface area contributed by atoms with Crippen molar-refractivity contribution in [1.29, 1.82) is 0 Å². The highest BCUT2D eigenvalue weighted by Crippen LogP contribution is 2.19. The Labute approximate surface area is 114 Å². The number of sulfonamides is 1. The van der Waals surface area contributed by atoms with Gasteiger partial charge in [0.1, 0.15) is 0 Å². The highest BCUT2D eigenvalue weighted by Gasteiger charge is 2.25. The van der Waals surface area contributed by atoms with E-state index in [0.717, 1.165) is 19.5 Å². The fourth-order valence-corrected chi connectivity index (χ4v) is 3.61. The second kappa shape index (κ2) is 5.87. The van der Waals surface area contributed by atoms with Crippen LogP contribution in [0.15, 0.2) is 29.2 Å². The van der Waals surface area contributed by atoms with Crippen LogP contribution in [0.3, 0.4) is 0 Å². The molecule has 1 aromatic rings. The Morgan fingerprint density at radius 1 is 1.11 bits per heavy atom. The number of nitrogens with one attached hydrogen (secondary N) is 1. The van der Waals surface area contributed by atoms with Crippen LogP contribution >= 0.6 is 0 Å². The number of hydrogen-bond acceptors (Lipinski definition) is 5. The summed E-state index contributed by atoms with van der Waals surface area (Å²) in [5, 5.41) is 0. The van der Waals surface area contributed by atoms with E-state index in [1.165, 1.54) is 0 Å². The van der Waals surface area contributed by atoms with Gasteiger partial charge in [0.05, 0.1) is 4.90 Å². The van der Waals surface area contributed by atoms with Crippen LogP contribution < -0.4 is 11.3 Å². The van der Waals surface area contributed by atoms with E-state index >= 15 is 0 Å². The number of nitrogens with two attached hydrogens (primary N) is 1. The first-order valence-corrected chi connectivity index (χ1v) is 7.73. The molecule has 19 heavy (non-hydrogen) atoms. The topological polar surface area (TPSA) is 78.7 Å². The molecule has 1 heterocycles. The van der Waals surface area contributed by atoms with E-state index in [-0.39, 0.29) is 0 Å². The molecule has 3 N–H and O–H groups in total. The fourth-order valence-electron chi connectivity index (χ4n) is 2.14. The van der Waals surface area contributed by atoms with Gasteiger partial charge in [-0.15, -0.1) is 0 Å². The molecule has 7 heteroatoms. The number of hydrogen-bond donors (Lipinski definition) is 2. The van der Waals surface area contributed by atoms with Crippen LogP contribution in [0.25, 0.3) is 0 Å². The predicted octanol–water partition coefficient (Wildman–Crippen LogP) is 0.298. The minimum absolute atomic E-state index is 0.316. The summed E-state index contributed by atoms with van der Waals surface area (Å²) < 4.78 is 26.6. The van der Waals surface area contributed by atoms with Gasteiger partial charge in [-0.05, 0) is 44.3 Å². The summed E-state index contributed by atoms with van der Waals surface area (Å²) in [6.07, 6.45) is 0.859. The van der Waals surface area contributed by atoms with Crippen LogP contribution in [0.1, 0.15) is 6.42 Å². The molecular formula is C12H20N4O2S. The molecule has 0 bridgehead atoms. The molecule has 0 amide bonds. The monoisotopic (exact) mass is 284 g/mol. The zero-order valence-corrected chi connectivity index (χ0v) is 11.9. The third-order valence-corrected chi connectivity index (χ3v) is 5.25. The lowest BCUT2D eigenvalue weighted by molar-refractivity contribution is 0.347. The van der Waals surface area contributed by atoms with Crippen molar-refractivity contribution in [2.45, 2.75) is 11.3 Å². The Kier molecular flexibility index (Phi) is 4.41. The molecule has 0 saturated carbocycles. The van der Waals surface area contributed by atoms with Crippen LogP contribution in [0, 0.1) is 0 Å². The van der Waals surface area contributed by atoms with Crippen molar-refractivity contribution < 1.29 is 8.42 Å².